The Morgan fingerprint density at radius 3 is 2.42 bits per heavy atom. The van der Waals surface area contributed by atoms with Crippen molar-refractivity contribution in [1.82, 2.24) is 5.32 Å². The van der Waals surface area contributed by atoms with Gasteiger partial charge < -0.3 is 5.32 Å². The Morgan fingerprint density at radius 1 is 1.21 bits per heavy atom. The fraction of sp³-hybridized carbons (Fsp3) is 0.417. The van der Waals surface area contributed by atoms with Crippen LogP contribution in [0.4, 0.5) is 8.78 Å². The lowest BCUT2D eigenvalue weighted by Crippen LogP contribution is -2.39. The molecule has 0 aliphatic carbocycles. The second-order valence-corrected chi connectivity index (χ2v) is 6.55. The lowest BCUT2D eigenvalue weighted by molar-refractivity contribution is -0.125. The van der Waals surface area contributed by atoms with Crippen molar-refractivity contribution in [3.63, 3.8) is 0 Å². The van der Waals surface area contributed by atoms with Gasteiger partial charge in [0.05, 0.1) is 16.6 Å². The molecular formula is C12H13F2NO3S. The Hall–Kier alpha value is -1.50. The van der Waals surface area contributed by atoms with E-state index in [1.807, 2.05) is 0 Å². The summed E-state index contributed by atoms with van der Waals surface area (Å²) in [5.74, 6) is -3.32. The van der Waals surface area contributed by atoms with Crippen LogP contribution < -0.4 is 5.32 Å². The third-order valence-electron chi connectivity index (χ3n) is 3.02. The van der Waals surface area contributed by atoms with Crippen molar-refractivity contribution < 1.29 is 22.0 Å². The molecule has 0 aromatic heterocycles. The highest BCUT2D eigenvalue weighted by Crippen LogP contribution is 2.21. The van der Waals surface area contributed by atoms with Gasteiger partial charge in [0.1, 0.15) is 11.6 Å². The van der Waals surface area contributed by atoms with Crippen LogP contribution in [0, 0.1) is 17.6 Å². The van der Waals surface area contributed by atoms with Crippen LogP contribution in [-0.4, -0.2) is 26.6 Å². The number of carbonyl (C=O) groups excluding carboxylic acids is 1. The van der Waals surface area contributed by atoms with Crippen LogP contribution in [0.5, 0.6) is 0 Å². The topological polar surface area (TPSA) is 63.2 Å². The van der Waals surface area contributed by atoms with Gasteiger partial charge in [-0.25, -0.2) is 17.2 Å². The molecule has 19 heavy (non-hydrogen) atoms. The minimum absolute atomic E-state index is 0.327. The first-order valence-electron chi connectivity index (χ1n) is 5.85. The molecule has 0 radical (unpaired) electrons. The fourth-order valence-electron chi connectivity index (χ4n) is 2.06. The lowest BCUT2D eigenvalue weighted by atomic mass is 10.0. The van der Waals surface area contributed by atoms with E-state index < -0.39 is 38.0 Å². The van der Waals surface area contributed by atoms with Gasteiger partial charge in [-0.2, -0.15) is 0 Å². The van der Waals surface area contributed by atoms with E-state index in [2.05, 4.69) is 5.32 Å². The third-order valence-corrected chi connectivity index (χ3v) is 4.81. The summed E-state index contributed by atoms with van der Waals surface area (Å²) in [4.78, 5) is 11.1. The molecule has 0 bridgehead atoms. The molecule has 1 heterocycles. The number of rotatable bonds is 3. The Bertz CT molecular complexity index is 581. The molecule has 1 atom stereocenters. The normalized spacial score (nSPS) is 20.1. The van der Waals surface area contributed by atoms with Crippen molar-refractivity contribution in [2.45, 2.75) is 17.7 Å². The predicted octanol–water partition coefficient (Wildman–Crippen LogP) is 1.26. The summed E-state index contributed by atoms with van der Waals surface area (Å²) in [6.45, 7) is 0.532. The molecule has 7 heteroatoms. The molecule has 0 saturated carbocycles. The zero-order chi connectivity index (χ0) is 14.0. The van der Waals surface area contributed by atoms with Gasteiger partial charge in [0, 0.05) is 12.6 Å². The van der Waals surface area contributed by atoms with Gasteiger partial charge in [0.15, 0.2) is 9.84 Å². The molecular weight excluding hydrogens is 276 g/mol. The molecule has 104 valence electrons. The quantitative estimate of drug-likeness (QED) is 0.911. The average molecular weight is 289 g/mol. The second-order valence-electron chi connectivity index (χ2n) is 4.52. The number of benzene rings is 1. The van der Waals surface area contributed by atoms with E-state index in [0.717, 1.165) is 12.1 Å². The average Bonchev–Trinajstić information content (AvgIpc) is 2.31. The number of carbonyl (C=O) groups is 1. The molecule has 1 saturated heterocycles. The molecule has 1 fully saturated rings. The van der Waals surface area contributed by atoms with E-state index in [0.29, 0.717) is 25.5 Å². The van der Waals surface area contributed by atoms with E-state index >= 15 is 0 Å². The van der Waals surface area contributed by atoms with E-state index in [1.165, 1.54) is 0 Å². The van der Waals surface area contributed by atoms with Crippen LogP contribution in [0.25, 0.3) is 0 Å². The molecule has 0 unspecified atom stereocenters. The number of piperidine rings is 1. The second kappa shape index (κ2) is 5.24. The maximum absolute atomic E-state index is 13.0. The van der Waals surface area contributed by atoms with Gasteiger partial charge in [-0.15, -0.1) is 0 Å². The summed E-state index contributed by atoms with van der Waals surface area (Å²) in [7, 11) is -3.88. The largest absolute Gasteiger partial charge is 0.356 e. The van der Waals surface area contributed by atoms with Gasteiger partial charge in [0.25, 0.3) is 0 Å². The summed E-state index contributed by atoms with van der Waals surface area (Å²) in [6, 6.07) is 2.13. The molecule has 2 rings (SSSR count). The SMILES string of the molecule is O=C1NCCC[C@@H]1CS(=O)(=O)c1cc(F)cc(F)c1. The van der Waals surface area contributed by atoms with Crippen LogP contribution in [0.3, 0.4) is 0 Å². The van der Waals surface area contributed by atoms with Crippen molar-refractivity contribution >= 4 is 15.7 Å². The van der Waals surface area contributed by atoms with E-state index in [4.69, 9.17) is 0 Å². The van der Waals surface area contributed by atoms with Crippen LogP contribution in [-0.2, 0) is 14.6 Å². The zero-order valence-corrected chi connectivity index (χ0v) is 10.8. The number of hydrogen-bond acceptors (Lipinski definition) is 3. The van der Waals surface area contributed by atoms with Gasteiger partial charge >= 0.3 is 0 Å². The first kappa shape index (κ1) is 13.9. The molecule has 1 aliphatic heterocycles. The number of amides is 1. The molecule has 4 nitrogen and oxygen atoms in total. The van der Waals surface area contributed by atoms with Crippen molar-refractivity contribution in [3.05, 3.63) is 29.8 Å². The summed E-state index contributed by atoms with van der Waals surface area (Å²) in [5.41, 5.74) is 0. The van der Waals surface area contributed by atoms with E-state index in [1.54, 1.807) is 0 Å². The highest BCUT2D eigenvalue weighted by Gasteiger charge is 2.29. The molecule has 0 spiro atoms. The molecule has 1 amide bonds. The van der Waals surface area contributed by atoms with Crippen LogP contribution in [0.15, 0.2) is 23.1 Å². The molecule has 1 aromatic rings. The maximum Gasteiger partial charge on any atom is 0.224 e. The third kappa shape index (κ3) is 3.28. The number of hydrogen-bond donors (Lipinski definition) is 1. The highest BCUT2D eigenvalue weighted by molar-refractivity contribution is 7.91. The van der Waals surface area contributed by atoms with Crippen molar-refractivity contribution in [2.24, 2.45) is 5.92 Å². The van der Waals surface area contributed by atoms with E-state index in [-0.39, 0.29) is 5.91 Å². The Kier molecular flexibility index (Phi) is 3.84. The first-order chi connectivity index (χ1) is 8.88. The van der Waals surface area contributed by atoms with Crippen LogP contribution >= 0.6 is 0 Å². The lowest BCUT2D eigenvalue weighted by Gasteiger charge is -2.21. The summed E-state index contributed by atoms with van der Waals surface area (Å²) in [5, 5.41) is 2.58. The van der Waals surface area contributed by atoms with Crippen molar-refractivity contribution in [2.75, 3.05) is 12.3 Å². The summed E-state index contributed by atoms with van der Waals surface area (Å²) < 4.78 is 50.1. The Morgan fingerprint density at radius 2 is 1.84 bits per heavy atom. The van der Waals surface area contributed by atoms with E-state index in [9.17, 15) is 22.0 Å². The minimum atomic E-state index is -3.88. The summed E-state index contributed by atoms with van der Waals surface area (Å²) >= 11 is 0. The van der Waals surface area contributed by atoms with Gasteiger partial charge in [0.2, 0.25) is 5.91 Å². The number of nitrogens with one attached hydrogen (secondary N) is 1. The van der Waals surface area contributed by atoms with Crippen LogP contribution in [0.1, 0.15) is 12.8 Å². The first-order valence-corrected chi connectivity index (χ1v) is 7.50. The highest BCUT2D eigenvalue weighted by atomic mass is 32.2. The minimum Gasteiger partial charge on any atom is -0.356 e. The van der Waals surface area contributed by atoms with Crippen molar-refractivity contribution in [3.8, 4) is 0 Å². The molecule has 1 aliphatic rings. The van der Waals surface area contributed by atoms with Gasteiger partial charge in [-0.05, 0) is 25.0 Å². The molecule has 1 aromatic carbocycles. The van der Waals surface area contributed by atoms with Crippen molar-refractivity contribution in [1.29, 1.82) is 0 Å². The Labute approximate surface area is 109 Å². The zero-order valence-electron chi connectivity index (χ0n) is 10.0. The number of sulfone groups is 1. The van der Waals surface area contributed by atoms with Crippen LogP contribution in [0.2, 0.25) is 0 Å². The predicted molar refractivity (Wildman–Crippen MR) is 64.1 cm³/mol. The summed E-state index contributed by atoms with van der Waals surface area (Å²) in [6.07, 6.45) is 1.16. The maximum atomic E-state index is 13.0. The fourth-order valence-corrected chi connectivity index (χ4v) is 3.69. The number of halogens is 2. The molecule has 1 N–H and O–H groups in total. The standard InChI is InChI=1S/C12H13F2NO3S/c13-9-4-10(14)6-11(5-9)19(17,18)7-8-2-1-3-15-12(8)16/h4-6,8H,1-3,7H2,(H,15,16)/t8-/m1/s1. The monoisotopic (exact) mass is 289 g/mol. The Balaban J connectivity index is 2.24. The van der Waals surface area contributed by atoms with Gasteiger partial charge in [-0.3, -0.25) is 4.79 Å². The smallest absolute Gasteiger partial charge is 0.224 e. The van der Waals surface area contributed by atoms with Gasteiger partial charge in [-0.1, -0.05) is 0 Å².